The number of aromatic nitrogens is 3. The van der Waals surface area contributed by atoms with Crippen LogP contribution in [0.4, 0.5) is 5.69 Å². The predicted molar refractivity (Wildman–Crippen MR) is 152 cm³/mol. The summed E-state index contributed by atoms with van der Waals surface area (Å²) in [6.07, 6.45) is 4.85. The zero-order valence-electron chi connectivity index (χ0n) is 20.5. The van der Waals surface area contributed by atoms with Gasteiger partial charge in [-0.05, 0) is 58.2 Å². The number of fused-ring (bicyclic) bond motifs is 1. The summed E-state index contributed by atoms with van der Waals surface area (Å²) in [6.45, 7) is 0. The number of carboxylic acid groups (broad SMARTS) is 1. The molecule has 2 N–H and O–H groups in total. The molecular weight excluding hydrogens is 512 g/mol. The number of anilines is 1. The number of rotatable bonds is 6. The summed E-state index contributed by atoms with van der Waals surface area (Å²) in [5.41, 5.74) is 8.09. The number of benzene rings is 4. The summed E-state index contributed by atoms with van der Waals surface area (Å²) in [6, 6.07) is 27.0. The lowest BCUT2D eigenvalue weighted by atomic mass is 9.96. The molecule has 1 aromatic heterocycles. The van der Waals surface area contributed by atoms with Gasteiger partial charge in [0.25, 0.3) is 5.91 Å². The number of nitrogens with zero attached hydrogens (tertiary/aromatic N) is 3. The Hall–Kier alpha value is -5.01. The first kappa shape index (κ1) is 24.3. The molecule has 0 fully saturated rings. The van der Waals surface area contributed by atoms with Crippen molar-refractivity contribution in [3.05, 3.63) is 119 Å². The Labute approximate surface area is 229 Å². The average molecular weight is 533 g/mol. The van der Waals surface area contributed by atoms with Crippen LogP contribution in [-0.4, -0.2) is 31.7 Å². The molecule has 1 amide bonds. The lowest BCUT2D eigenvalue weighted by molar-refractivity contribution is -0.136. The molecule has 0 saturated heterocycles. The molecule has 39 heavy (non-hydrogen) atoms. The van der Waals surface area contributed by atoms with Gasteiger partial charge in [0.05, 0.1) is 22.8 Å². The lowest BCUT2D eigenvalue weighted by Crippen LogP contribution is -2.03. The fourth-order valence-corrected chi connectivity index (χ4v) is 4.97. The molecule has 5 aromatic rings. The predicted octanol–water partition coefficient (Wildman–Crippen LogP) is 6.37. The number of aliphatic carboxylic acids is 1. The molecule has 2 heterocycles. The van der Waals surface area contributed by atoms with Crippen molar-refractivity contribution >= 4 is 40.8 Å². The highest BCUT2D eigenvalue weighted by Gasteiger charge is 2.26. The van der Waals surface area contributed by atoms with Gasteiger partial charge in [-0.1, -0.05) is 72.3 Å². The van der Waals surface area contributed by atoms with Crippen LogP contribution in [0.15, 0.2) is 97.6 Å². The van der Waals surface area contributed by atoms with E-state index >= 15 is 0 Å². The Bertz CT molecular complexity index is 1740. The van der Waals surface area contributed by atoms with Crippen molar-refractivity contribution < 1.29 is 14.7 Å². The molecule has 0 unspecified atom stereocenters. The van der Waals surface area contributed by atoms with Gasteiger partial charge < -0.3 is 10.4 Å². The van der Waals surface area contributed by atoms with Gasteiger partial charge in [-0.15, -0.1) is 0 Å². The number of carbonyl (C=O) groups excluding carboxylic acids is 1. The lowest BCUT2D eigenvalue weighted by Gasteiger charge is -2.10. The first-order chi connectivity index (χ1) is 18.9. The standard InChI is InChI=1S/C31H21ClN4O3/c32-28-16-29-26(27(31(39)35-29)13-19-2-1-3-20(12-19)14-30(37)38)15-25(28)23-6-4-21(5-7-23)22-8-10-24(11-9-22)36-18-33-17-34-36/h1-13,15-18H,14H2,(H,35,39)(H,37,38). The minimum atomic E-state index is -0.905. The Morgan fingerprint density at radius 2 is 1.64 bits per heavy atom. The van der Waals surface area contributed by atoms with Crippen molar-refractivity contribution in [2.45, 2.75) is 6.42 Å². The van der Waals surface area contributed by atoms with Gasteiger partial charge in [0.2, 0.25) is 0 Å². The second-order valence-corrected chi connectivity index (χ2v) is 9.58. The minimum absolute atomic E-state index is 0.0818. The molecule has 0 bridgehead atoms. The zero-order chi connectivity index (χ0) is 26.9. The maximum absolute atomic E-state index is 12.8. The Morgan fingerprint density at radius 1 is 0.923 bits per heavy atom. The number of carboxylic acids is 1. The molecule has 6 rings (SSSR count). The van der Waals surface area contributed by atoms with Crippen LogP contribution in [0.25, 0.3) is 39.6 Å². The maximum atomic E-state index is 12.8. The highest BCUT2D eigenvalue weighted by molar-refractivity contribution is 6.38. The average Bonchev–Trinajstić information content (AvgIpc) is 3.57. The van der Waals surface area contributed by atoms with Crippen LogP contribution in [0.1, 0.15) is 16.7 Å². The third-order valence-electron chi connectivity index (χ3n) is 6.59. The van der Waals surface area contributed by atoms with Crippen molar-refractivity contribution in [2.75, 3.05) is 5.32 Å². The number of hydrogen-bond acceptors (Lipinski definition) is 4. The van der Waals surface area contributed by atoms with E-state index in [1.54, 1.807) is 41.4 Å². The first-order valence-corrected chi connectivity index (χ1v) is 12.6. The number of nitrogens with one attached hydrogen (secondary N) is 1. The van der Waals surface area contributed by atoms with Gasteiger partial charge in [0.1, 0.15) is 12.7 Å². The molecule has 0 saturated carbocycles. The normalized spacial score (nSPS) is 13.4. The third kappa shape index (κ3) is 4.95. The van der Waals surface area contributed by atoms with E-state index in [9.17, 15) is 9.59 Å². The van der Waals surface area contributed by atoms with Crippen LogP contribution in [0.2, 0.25) is 5.02 Å². The number of amides is 1. The van der Waals surface area contributed by atoms with Crippen LogP contribution >= 0.6 is 11.6 Å². The van der Waals surface area contributed by atoms with E-state index in [0.717, 1.165) is 39.1 Å². The monoisotopic (exact) mass is 532 g/mol. The molecule has 0 radical (unpaired) electrons. The summed E-state index contributed by atoms with van der Waals surface area (Å²) in [7, 11) is 0. The highest BCUT2D eigenvalue weighted by atomic mass is 35.5. The van der Waals surface area contributed by atoms with Crippen molar-refractivity contribution in [3.63, 3.8) is 0 Å². The Balaban J connectivity index is 1.30. The molecule has 8 heteroatoms. The van der Waals surface area contributed by atoms with Crippen LogP contribution < -0.4 is 5.32 Å². The summed E-state index contributed by atoms with van der Waals surface area (Å²) in [5, 5.41) is 16.7. The summed E-state index contributed by atoms with van der Waals surface area (Å²) in [5.74, 6) is -1.13. The second-order valence-electron chi connectivity index (χ2n) is 9.17. The van der Waals surface area contributed by atoms with Gasteiger partial charge in [-0.2, -0.15) is 5.10 Å². The molecule has 0 atom stereocenters. The smallest absolute Gasteiger partial charge is 0.307 e. The second kappa shape index (κ2) is 10.0. The first-order valence-electron chi connectivity index (χ1n) is 12.2. The van der Waals surface area contributed by atoms with Gasteiger partial charge >= 0.3 is 5.97 Å². The molecule has 4 aromatic carbocycles. The van der Waals surface area contributed by atoms with Crippen molar-refractivity contribution in [1.82, 2.24) is 14.8 Å². The minimum Gasteiger partial charge on any atom is -0.481 e. The molecule has 190 valence electrons. The van der Waals surface area contributed by atoms with Crippen LogP contribution in [-0.2, 0) is 16.0 Å². The number of carbonyl (C=O) groups is 2. The topological polar surface area (TPSA) is 97.1 Å². The van der Waals surface area contributed by atoms with E-state index < -0.39 is 5.97 Å². The fraction of sp³-hybridized carbons (Fsp3) is 0.0323. The largest absolute Gasteiger partial charge is 0.481 e. The Kier molecular flexibility index (Phi) is 6.26. The molecule has 7 nitrogen and oxygen atoms in total. The van der Waals surface area contributed by atoms with E-state index in [1.165, 1.54) is 6.33 Å². The van der Waals surface area contributed by atoms with Crippen LogP contribution in [0, 0.1) is 0 Å². The molecule has 1 aliphatic rings. The summed E-state index contributed by atoms with van der Waals surface area (Å²) < 4.78 is 1.71. The van der Waals surface area contributed by atoms with E-state index in [-0.39, 0.29) is 12.3 Å². The van der Waals surface area contributed by atoms with Gasteiger partial charge in [0.15, 0.2) is 0 Å². The fourth-order valence-electron chi connectivity index (χ4n) is 4.70. The van der Waals surface area contributed by atoms with E-state index in [4.69, 9.17) is 16.7 Å². The third-order valence-corrected chi connectivity index (χ3v) is 6.90. The summed E-state index contributed by atoms with van der Waals surface area (Å²) >= 11 is 6.65. The van der Waals surface area contributed by atoms with Crippen molar-refractivity contribution in [1.29, 1.82) is 0 Å². The zero-order valence-corrected chi connectivity index (χ0v) is 21.3. The van der Waals surface area contributed by atoms with Gasteiger partial charge in [-0.25, -0.2) is 9.67 Å². The highest BCUT2D eigenvalue weighted by Crippen LogP contribution is 2.41. The van der Waals surface area contributed by atoms with Crippen molar-refractivity contribution in [2.24, 2.45) is 0 Å². The van der Waals surface area contributed by atoms with Crippen LogP contribution in [0.3, 0.4) is 0 Å². The molecule has 1 aliphatic heterocycles. The molecule has 0 spiro atoms. The summed E-state index contributed by atoms with van der Waals surface area (Å²) in [4.78, 5) is 27.9. The van der Waals surface area contributed by atoms with Crippen molar-refractivity contribution in [3.8, 4) is 27.9 Å². The van der Waals surface area contributed by atoms with Gasteiger partial charge in [0, 0.05) is 16.7 Å². The molecular formula is C31H21ClN4O3. The van der Waals surface area contributed by atoms with Gasteiger partial charge in [-0.3, -0.25) is 9.59 Å². The Morgan fingerprint density at radius 3 is 2.33 bits per heavy atom. The number of hydrogen-bond donors (Lipinski definition) is 2. The van der Waals surface area contributed by atoms with E-state index in [1.807, 2.05) is 60.7 Å². The molecule has 0 aliphatic carbocycles. The maximum Gasteiger partial charge on any atom is 0.307 e. The SMILES string of the molecule is O=C(O)Cc1cccc(C=C2C(=O)Nc3cc(Cl)c(-c4ccc(-c5ccc(-n6cncn6)cc5)cc4)cc32)c1. The van der Waals surface area contributed by atoms with Crippen LogP contribution in [0.5, 0.6) is 0 Å². The van der Waals surface area contributed by atoms with E-state index in [0.29, 0.717) is 21.8 Å². The van der Waals surface area contributed by atoms with E-state index in [2.05, 4.69) is 15.4 Å². The number of halogens is 1. The quantitative estimate of drug-likeness (QED) is 0.247.